The SMILES string of the molecule is CC(C(=O)c1ccc(F)c(F)c1)C1CC1. The topological polar surface area (TPSA) is 17.1 Å². The molecule has 1 aliphatic carbocycles. The number of rotatable bonds is 3. The molecule has 15 heavy (non-hydrogen) atoms. The Labute approximate surface area is 87.1 Å². The maximum atomic E-state index is 12.9. The van der Waals surface area contributed by atoms with Crippen LogP contribution in [0.3, 0.4) is 0 Å². The highest BCUT2D eigenvalue weighted by atomic mass is 19.2. The zero-order chi connectivity index (χ0) is 11.0. The van der Waals surface area contributed by atoms with Gasteiger partial charge in [0.2, 0.25) is 0 Å². The molecular formula is C12H12F2O. The number of hydrogen-bond donors (Lipinski definition) is 0. The number of benzene rings is 1. The van der Waals surface area contributed by atoms with Gasteiger partial charge in [0.1, 0.15) is 0 Å². The Kier molecular flexibility index (Phi) is 2.55. The smallest absolute Gasteiger partial charge is 0.166 e. The third kappa shape index (κ3) is 2.06. The van der Waals surface area contributed by atoms with Gasteiger partial charge in [0.25, 0.3) is 0 Å². The first kappa shape index (κ1) is 10.3. The molecule has 1 aliphatic rings. The van der Waals surface area contributed by atoms with Crippen LogP contribution in [0.15, 0.2) is 18.2 Å². The molecule has 0 aliphatic heterocycles. The fourth-order valence-corrected chi connectivity index (χ4v) is 1.72. The second-order valence-corrected chi connectivity index (χ2v) is 4.12. The molecule has 1 aromatic rings. The molecule has 0 amide bonds. The van der Waals surface area contributed by atoms with Crippen LogP contribution in [-0.4, -0.2) is 5.78 Å². The van der Waals surface area contributed by atoms with Crippen molar-refractivity contribution < 1.29 is 13.6 Å². The number of carbonyl (C=O) groups excluding carboxylic acids is 1. The van der Waals surface area contributed by atoms with Crippen molar-refractivity contribution in [2.24, 2.45) is 11.8 Å². The average Bonchev–Trinajstić information content (AvgIpc) is 3.03. The average molecular weight is 210 g/mol. The van der Waals surface area contributed by atoms with Crippen molar-refractivity contribution in [3.63, 3.8) is 0 Å². The predicted octanol–water partition coefficient (Wildman–Crippen LogP) is 3.19. The molecule has 0 aromatic heterocycles. The predicted molar refractivity (Wildman–Crippen MR) is 52.6 cm³/mol. The number of hydrogen-bond acceptors (Lipinski definition) is 1. The normalized spacial score (nSPS) is 17.5. The van der Waals surface area contributed by atoms with Gasteiger partial charge in [-0.3, -0.25) is 4.79 Å². The first-order valence-corrected chi connectivity index (χ1v) is 5.09. The van der Waals surface area contributed by atoms with E-state index in [0.717, 1.165) is 25.0 Å². The van der Waals surface area contributed by atoms with Gasteiger partial charge in [-0.1, -0.05) is 6.92 Å². The zero-order valence-corrected chi connectivity index (χ0v) is 8.47. The van der Waals surface area contributed by atoms with E-state index < -0.39 is 11.6 Å². The fraction of sp³-hybridized carbons (Fsp3) is 0.417. The van der Waals surface area contributed by atoms with Gasteiger partial charge >= 0.3 is 0 Å². The summed E-state index contributed by atoms with van der Waals surface area (Å²) in [7, 11) is 0. The van der Waals surface area contributed by atoms with E-state index >= 15 is 0 Å². The second-order valence-electron chi connectivity index (χ2n) is 4.12. The van der Waals surface area contributed by atoms with Gasteiger partial charge in [0.05, 0.1) is 0 Å². The van der Waals surface area contributed by atoms with Crippen LogP contribution in [0.1, 0.15) is 30.1 Å². The molecule has 0 radical (unpaired) electrons. The maximum Gasteiger partial charge on any atom is 0.166 e. The van der Waals surface area contributed by atoms with Crippen molar-refractivity contribution in [2.45, 2.75) is 19.8 Å². The van der Waals surface area contributed by atoms with Crippen LogP contribution < -0.4 is 0 Å². The fourth-order valence-electron chi connectivity index (χ4n) is 1.72. The molecule has 80 valence electrons. The summed E-state index contributed by atoms with van der Waals surface area (Å²) in [5, 5.41) is 0. The van der Waals surface area contributed by atoms with Crippen LogP contribution in [0.25, 0.3) is 0 Å². The largest absolute Gasteiger partial charge is 0.294 e. The molecule has 0 spiro atoms. The van der Waals surface area contributed by atoms with Crippen LogP contribution >= 0.6 is 0 Å². The summed E-state index contributed by atoms with van der Waals surface area (Å²) in [5.41, 5.74) is 0.272. The van der Waals surface area contributed by atoms with E-state index in [-0.39, 0.29) is 17.3 Å². The highest BCUT2D eigenvalue weighted by Gasteiger charge is 2.33. The molecule has 2 rings (SSSR count). The highest BCUT2D eigenvalue weighted by molar-refractivity contribution is 5.97. The van der Waals surface area contributed by atoms with Crippen molar-refractivity contribution >= 4 is 5.78 Å². The van der Waals surface area contributed by atoms with Crippen LogP contribution in [-0.2, 0) is 0 Å². The Morgan fingerprint density at radius 2 is 2.00 bits per heavy atom. The standard InChI is InChI=1S/C12H12F2O/c1-7(8-2-3-8)12(15)9-4-5-10(13)11(14)6-9/h4-8H,2-3H2,1H3. The Hall–Kier alpha value is -1.25. The van der Waals surface area contributed by atoms with Gasteiger partial charge in [-0.05, 0) is 37.0 Å². The summed E-state index contributed by atoms with van der Waals surface area (Å²) in [5.74, 6) is -1.59. The van der Waals surface area contributed by atoms with Gasteiger partial charge < -0.3 is 0 Å². The van der Waals surface area contributed by atoms with Gasteiger partial charge in [0, 0.05) is 11.5 Å². The van der Waals surface area contributed by atoms with Crippen LogP contribution in [0.2, 0.25) is 0 Å². The minimum atomic E-state index is -0.955. The first-order chi connectivity index (χ1) is 7.09. The van der Waals surface area contributed by atoms with E-state index in [1.165, 1.54) is 6.07 Å². The Morgan fingerprint density at radius 3 is 2.53 bits per heavy atom. The lowest BCUT2D eigenvalue weighted by molar-refractivity contribution is 0.0915. The summed E-state index contributed by atoms with van der Waals surface area (Å²) in [4.78, 5) is 11.8. The summed E-state index contributed by atoms with van der Waals surface area (Å²) in [6, 6.07) is 3.33. The highest BCUT2D eigenvalue weighted by Crippen LogP contribution is 2.38. The van der Waals surface area contributed by atoms with Gasteiger partial charge in [0.15, 0.2) is 17.4 Å². The van der Waals surface area contributed by atoms with E-state index in [2.05, 4.69) is 0 Å². The zero-order valence-electron chi connectivity index (χ0n) is 8.47. The van der Waals surface area contributed by atoms with E-state index in [1.807, 2.05) is 6.92 Å². The lowest BCUT2D eigenvalue weighted by atomic mass is 9.95. The molecule has 1 nitrogen and oxygen atoms in total. The quantitative estimate of drug-likeness (QED) is 0.700. The van der Waals surface area contributed by atoms with Crippen molar-refractivity contribution in [3.8, 4) is 0 Å². The molecule has 3 heteroatoms. The molecule has 1 saturated carbocycles. The Morgan fingerprint density at radius 1 is 1.33 bits per heavy atom. The van der Waals surface area contributed by atoms with E-state index in [0.29, 0.717) is 5.92 Å². The molecule has 1 aromatic carbocycles. The lowest BCUT2D eigenvalue weighted by Crippen LogP contribution is -2.13. The minimum absolute atomic E-state index is 0.0742. The van der Waals surface area contributed by atoms with Crippen LogP contribution in [0, 0.1) is 23.5 Å². The van der Waals surface area contributed by atoms with Gasteiger partial charge in [-0.15, -0.1) is 0 Å². The van der Waals surface area contributed by atoms with Crippen LogP contribution in [0.5, 0.6) is 0 Å². The summed E-state index contributed by atoms with van der Waals surface area (Å²) >= 11 is 0. The monoisotopic (exact) mass is 210 g/mol. The lowest BCUT2D eigenvalue weighted by Gasteiger charge is -2.08. The maximum absolute atomic E-state index is 12.9. The molecule has 0 N–H and O–H groups in total. The number of halogens is 2. The summed E-state index contributed by atoms with van der Waals surface area (Å²) in [6.45, 7) is 1.85. The van der Waals surface area contributed by atoms with Crippen molar-refractivity contribution in [2.75, 3.05) is 0 Å². The molecule has 0 heterocycles. The number of ketones is 1. The van der Waals surface area contributed by atoms with Gasteiger partial charge in [-0.25, -0.2) is 8.78 Å². The second kappa shape index (κ2) is 3.72. The molecule has 0 bridgehead atoms. The third-order valence-electron chi connectivity index (χ3n) is 2.95. The molecule has 0 saturated heterocycles. The number of Topliss-reactive ketones (excluding diaryl/α,β-unsaturated/α-hetero) is 1. The molecule has 1 atom stereocenters. The Bertz CT molecular complexity index is 397. The van der Waals surface area contributed by atoms with E-state index in [1.54, 1.807) is 0 Å². The van der Waals surface area contributed by atoms with Crippen molar-refractivity contribution in [1.82, 2.24) is 0 Å². The first-order valence-electron chi connectivity index (χ1n) is 5.09. The van der Waals surface area contributed by atoms with E-state index in [9.17, 15) is 13.6 Å². The summed E-state index contributed by atoms with van der Waals surface area (Å²) in [6.07, 6.45) is 2.13. The number of carbonyl (C=O) groups is 1. The molecule has 1 fully saturated rings. The van der Waals surface area contributed by atoms with Crippen molar-refractivity contribution in [1.29, 1.82) is 0 Å². The van der Waals surface area contributed by atoms with Gasteiger partial charge in [-0.2, -0.15) is 0 Å². The van der Waals surface area contributed by atoms with E-state index in [4.69, 9.17) is 0 Å². The van der Waals surface area contributed by atoms with Crippen LogP contribution in [0.4, 0.5) is 8.78 Å². The Balaban J connectivity index is 2.21. The molecule has 1 unspecified atom stereocenters. The minimum Gasteiger partial charge on any atom is -0.294 e. The summed E-state index contributed by atoms with van der Waals surface area (Å²) < 4.78 is 25.5. The third-order valence-corrected chi connectivity index (χ3v) is 2.95. The molecular weight excluding hydrogens is 198 g/mol. The van der Waals surface area contributed by atoms with Crippen molar-refractivity contribution in [3.05, 3.63) is 35.4 Å².